The van der Waals surface area contributed by atoms with Crippen LogP contribution in [-0.4, -0.2) is 13.0 Å². The van der Waals surface area contributed by atoms with Crippen molar-refractivity contribution in [2.24, 2.45) is 0 Å². The van der Waals surface area contributed by atoms with E-state index in [1.807, 2.05) is 56.3 Å². The number of sulfone groups is 1. The lowest BCUT2D eigenvalue weighted by Crippen LogP contribution is -2.06. The van der Waals surface area contributed by atoms with E-state index >= 15 is 0 Å². The molecule has 0 saturated heterocycles. The van der Waals surface area contributed by atoms with Crippen molar-refractivity contribution >= 4 is 9.84 Å². The number of rotatable bonds is 3. The fourth-order valence-corrected chi connectivity index (χ4v) is 5.52. The van der Waals surface area contributed by atoms with Gasteiger partial charge in [-0.3, -0.25) is 0 Å². The smallest absolute Gasteiger partial charge is 0.209 e. The average molecular weight is 351 g/mol. The number of fused-ring (bicyclic) bond motifs is 1. The lowest BCUT2D eigenvalue weighted by Gasteiger charge is -2.11. The lowest BCUT2D eigenvalue weighted by atomic mass is 10.1. The zero-order valence-corrected chi connectivity index (χ0v) is 15.3. The van der Waals surface area contributed by atoms with Gasteiger partial charge in [-0.05, 0) is 49.9 Å². The van der Waals surface area contributed by atoms with E-state index in [0.717, 1.165) is 47.5 Å². The second-order valence-corrected chi connectivity index (χ2v) is 8.57. The molecule has 128 valence electrons. The van der Waals surface area contributed by atoms with E-state index < -0.39 is 9.84 Å². The van der Waals surface area contributed by atoms with Crippen molar-refractivity contribution in [1.29, 1.82) is 0 Å². The number of benzene rings is 2. The zero-order chi connectivity index (χ0) is 17.6. The summed E-state index contributed by atoms with van der Waals surface area (Å²) in [6.45, 7) is 4.79. The molecule has 2 heterocycles. The number of nitrogens with zero attached hydrogens (tertiary/aromatic N) is 1. The van der Waals surface area contributed by atoms with Crippen LogP contribution in [-0.2, 0) is 22.8 Å². The Bertz CT molecular complexity index is 1030. The second-order valence-electron chi connectivity index (χ2n) is 6.69. The molecule has 0 saturated carbocycles. The van der Waals surface area contributed by atoms with Gasteiger partial charge in [0.05, 0.1) is 10.6 Å². The zero-order valence-electron chi connectivity index (χ0n) is 14.5. The first-order valence-corrected chi connectivity index (χ1v) is 10.1. The molecule has 0 unspecified atom stereocenters. The van der Waals surface area contributed by atoms with E-state index in [0.29, 0.717) is 9.79 Å². The maximum absolute atomic E-state index is 13.5. The summed E-state index contributed by atoms with van der Waals surface area (Å²) in [5, 5.41) is 0. The Hall–Kier alpha value is -2.33. The van der Waals surface area contributed by atoms with Crippen LogP contribution < -0.4 is 0 Å². The molecule has 1 aliphatic heterocycles. The number of aryl methyl sites for hydroxylation is 1. The first kappa shape index (κ1) is 16.2. The molecule has 25 heavy (non-hydrogen) atoms. The first-order valence-electron chi connectivity index (χ1n) is 8.59. The summed E-state index contributed by atoms with van der Waals surface area (Å²) in [5.74, 6) is 0. The molecule has 0 radical (unpaired) electrons. The molecular formula is C21H21NO2S. The topological polar surface area (TPSA) is 39.1 Å². The number of aromatic nitrogens is 1. The first-order chi connectivity index (χ1) is 12.0. The standard InChI is InChI=1S/C21H21NO2S/c1-15-10-12-18(13-11-15)25(23,24)21-16(2)19-9-6-14-22(19)20(21)17-7-4-3-5-8-17/h3-5,7-8,10-13H,6,9,14H2,1-2H3. The third-order valence-electron chi connectivity index (χ3n) is 5.03. The Kier molecular flexibility index (Phi) is 3.80. The highest BCUT2D eigenvalue weighted by Gasteiger charge is 2.32. The van der Waals surface area contributed by atoms with Crippen LogP contribution in [0.15, 0.2) is 64.4 Å². The molecule has 0 bridgehead atoms. The minimum absolute atomic E-state index is 0.364. The summed E-state index contributed by atoms with van der Waals surface area (Å²) >= 11 is 0. The molecule has 3 nitrogen and oxygen atoms in total. The molecule has 0 aliphatic carbocycles. The third-order valence-corrected chi connectivity index (χ3v) is 6.96. The van der Waals surface area contributed by atoms with Gasteiger partial charge in [-0.25, -0.2) is 8.42 Å². The van der Waals surface area contributed by atoms with Crippen molar-refractivity contribution in [2.45, 2.75) is 43.0 Å². The van der Waals surface area contributed by atoms with Crippen molar-refractivity contribution in [1.82, 2.24) is 4.57 Å². The van der Waals surface area contributed by atoms with Crippen LogP contribution in [0.1, 0.15) is 23.2 Å². The van der Waals surface area contributed by atoms with Crippen molar-refractivity contribution in [3.8, 4) is 11.3 Å². The number of hydrogen-bond donors (Lipinski definition) is 0. The van der Waals surface area contributed by atoms with Crippen LogP contribution >= 0.6 is 0 Å². The largest absolute Gasteiger partial charge is 0.343 e. The third kappa shape index (κ3) is 2.52. The summed E-state index contributed by atoms with van der Waals surface area (Å²) in [6.07, 6.45) is 2.01. The maximum Gasteiger partial charge on any atom is 0.209 e. The summed E-state index contributed by atoms with van der Waals surface area (Å²) in [6, 6.07) is 17.0. The van der Waals surface area contributed by atoms with Gasteiger partial charge in [0.15, 0.2) is 0 Å². The fraction of sp³-hybridized carbons (Fsp3) is 0.238. The Morgan fingerprint density at radius 1 is 0.920 bits per heavy atom. The SMILES string of the molecule is Cc1ccc(S(=O)(=O)c2c(C)c3n(c2-c2ccccc2)CCC3)cc1. The molecule has 0 N–H and O–H groups in total. The minimum Gasteiger partial charge on any atom is -0.343 e. The predicted octanol–water partition coefficient (Wildman–Crippen LogP) is 4.55. The Morgan fingerprint density at radius 3 is 2.28 bits per heavy atom. The monoisotopic (exact) mass is 351 g/mol. The molecule has 1 aromatic heterocycles. The molecule has 0 spiro atoms. The van der Waals surface area contributed by atoms with Crippen molar-refractivity contribution in [3.63, 3.8) is 0 Å². The van der Waals surface area contributed by atoms with Gasteiger partial charge in [0, 0.05) is 12.2 Å². The molecule has 4 heteroatoms. The Morgan fingerprint density at radius 2 is 1.60 bits per heavy atom. The van der Waals surface area contributed by atoms with E-state index in [2.05, 4.69) is 4.57 Å². The van der Waals surface area contributed by atoms with Gasteiger partial charge in [-0.1, -0.05) is 48.0 Å². The van der Waals surface area contributed by atoms with Crippen LogP contribution in [0.5, 0.6) is 0 Å². The Labute approximate surface area is 148 Å². The summed E-state index contributed by atoms with van der Waals surface area (Å²) in [4.78, 5) is 0.833. The van der Waals surface area contributed by atoms with Gasteiger partial charge in [0.2, 0.25) is 9.84 Å². The van der Waals surface area contributed by atoms with Gasteiger partial charge >= 0.3 is 0 Å². The molecular weight excluding hydrogens is 330 g/mol. The van der Waals surface area contributed by atoms with Gasteiger partial charge in [-0.15, -0.1) is 0 Å². The normalized spacial score (nSPS) is 13.8. The van der Waals surface area contributed by atoms with E-state index in [4.69, 9.17) is 0 Å². The van der Waals surface area contributed by atoms with E-state index in [1.165, 1.54) is 0 Å². The van der Waals surface area contributed by atoms with Crippen LogP contribution in [0.25, 0.3) is 11.3 Å². The quantitative estimate of drug-likeness (QED) is 0.694. The molecule has 0 amide bonds. The van der Waals surface area contributed by atoms with Crippen LogP contribution in [0.4, 0.5) is 0 Å². The lowest BCUT2D eigenvalue weighted by molar-refractivity contribution is 0.595. The van der Waals surface area contributed by atoms with Gasteiger partial charge in [0.1, 0.15) is 4.90 Å². The highest BCUT2D eigenvalue weighted by Crippen LogP contribution is 2.40. The van der Waals surface area contributed by atoms with Gasteiger partial charge in [-0.2, -0.15) is 0 Å². The van der Waals surface area contributed by atoms with Crippen LogP contribution in [0, 0.1) is 13.8 Å². The molecule has 1 aliphatic rings. The van der Waals surface area contributed by atoms with Crippen LogP contribution in [0.3, 0.4) is 0 Å². The number of hydrogen-bond acceptors (Lipinski definition) is 2. The van der Waals surface area contributed by atoms with Crippen molar-refractivity contribution in [3.05, 3.63) is 71.4 Å². The van der Waals surface area contributed by atoms with E-state index in [-0.39, 0.29) is 0 Å². The Balaban J connectivity index is 2.01. The molecule has 3 aromatic rings. The molecule has 0 atom stereocenters. The molecule has 2 aromatic carbocycles. The highest BCUT2D eigenvalue weighted by molar-refractivity contribution is 7.91. The molecule has 0 fully saturated rings. The predicted molar refractivity (Wildman–Crippen MR) is 99.6 cm³/mol. The maximum atomic E-state index is 13.5. The fourth-order valence-electron chi connectivity index (χ4n) is 3.79. The summed E-state index contributed by atoms with van der Waals surface area (Å²) in [7, 11) is -3.56. The van der Waals surface area contributed by atoms with Crippen LogP contribution in [0.2, 0.25) is 0 Å². The summed E-state index contributed by atoms with van der Waals surface area (Å²) < 4.78 is 29.1. The second kappa shape index (κ2) is 5.88. The molecule has 4 rings (SSSR count). The van der Waals surface area contributed by atoms with E-state index in [9.17, 15) is 8.42 Å². The summed E-state index contributed by atoms with van der Waals surface area (Å²) in [5.41, 5.74) is 4.91. The van der Waals surface area contributed by atoms with E-state index in [1.54, 1.807) is 12.1 Å². The van der Waals surface area contributed by atoms with Gasteiger partial charge in [0.25, 0.3) is 0 Å². The van der Waals surface area contributed by atoms with Crippen molar-refractivity contribution in [2.75, 3.05) is 0 Å². The van der Waals surface area contributed by atoms with Gasteiger partial charge < -0.3 is 4.57 Å². The average Bonchev–Trinajstić information content (AvgIpc) is 3.18. The van der Waals surface area contributed by atoms with Crippen molar-refractivity contribution < 1.29 is 8.42 Å². The highest BCUT2D eigenvalue weighted by atomic mass is 32.2. The minimum atomic E-state index is -3.56.